The van der Waals surface area contributed by atoms with Crippen molar-refractivity contribution in [2.75, 3.05) is 26.9 Å². The molecule has 5 heteroatoms. The number of hydrogen-bond acceptors (Lipinski definition) is 5. The molecule has 4 unspecified atom stereocenters. The zero-order valence-electron chi connectivity index (χ0n) is 17.6. The lowest BCUT2D eigenvalue weighted by molar-refractivity contribution is -0.156. The first kappa shape index (κ1) is 22.8. The van der Waals surface area contributed by atoms with Crippen molar-refractivity contribution in [1.29, 1.82) is 0 Å². The van der Waals surface area contributed by atoms with Crippen LogP contribution in [0, 0.1) is 16.7 Å². The lowest BCUT2D eigenvalue weighted by Gasteiger charge is -2.49. The van der Waals surface area contributed by atoms with Crippen molar-refractivity contribution in [3.8, 4) is 0 Å². The zero-order valence-corrected chi connectivity index (χ0v) is 17.6. The first-order valence-corrected chi connectivity index (χ1v) is 9.57. The first-order valence-electron chi connectivity index (χ1n) is 9.57. The number of aliphatic hydroxyl groups is 1. The van der Waals surface area contributed by atoms with Crippen LogP contribution >= 0.6 is 0 Å². The van der Waals surface area contributed by atoms with Gasteiger partial charge in [-0.05, 0) is 43.4 Å². The fourth-order valence-electron chi connectivity index (χ4n) is 3.82. The largest absolute Gasteiger partial charge is 0.393 e. The molecule has 4 atom stereocenters. The molecule has 25 heavy (non-hydrogen) atoms. The Kier molecular flexibility index (Phi) is 7.91. The van der Waals surface area contributed by atoms with Crippen LogP contribution in [0.5, 0.6) is 0 Å². The third-order valence-electron chi connectivity index (χ3n) is 6.88. The van der Waals surface area contributed by atoms with Crippen LogP contribution in [0.4, 0.5) is 0 Å². The second kappa shape index (κ2) is 8.66. The molecule has 1 aliphatic heterocycles. The fraction of sp³-hybridized carbons (Fsp3) is 1.00. The van der Waals surface area contributed by atoms with E-state index in [0.29, 0.717) is 19.8 Å². The Morgan fingerprint density at radius 1 is 1.08 bits per heavy atom. The fourth-order valence-corrected chi connectivity index (χ4v) is 3.82. The maximum atomic E-state index is 10.3. The van der Waals surface area contributed by atoms with Gasteiger partial charge in [0.05, 0.1) is 24.9 Å². The summed E-state index contributed by atoms with van der Waals surface area (Å²) >= 11 is 0. The molecule has 0 radical (unpaired) electrons. The minimum absolute atomic E-state index is 0.0642. The highest BCUT2D eigenvalue weighted by atomic mass is 16.5. The molecule has 0 aromatic heterocycles. The number of hydrogen-bond donors (Lipinski definition) is 2. The predicted molar refractivity (Wildman–Crippen MR) is 102 cm³/mol. The van der Waals surface area contributed by atoms with E-state index in [9.17, 15) is 5.11 Å². The van der Waals surface area contributed by atoms with Crippen molar-refractivity contribution in [2.45, 2.75) is 85.2 Å². The molecule has 0 bridgehead atoms. The van der Waals surface area contributed by atoms with Crippen LogP contribution in [0.15, 0.2) is 0 Å². The highest BCUT2D eigenvalue weighted by molar-refractivity contribution is 4.96. The Balaban J connectivity index is 2.96. The Bertz CT molecular complexity index is 403. The summed E-state index contributed by atoms with van der Waals surface area (Å²) in [5.41, 5.74) is 5.75. The van der Waals surface area contributed by atoms with E-state index < -0.39 is 6.10 Å². The van der Waals surface area contributed by atoms with Crippen molar-refractivity contribution in [2.24, 2.45) is 22.5 Å². The van der Waals surface area contributed by atoms with E-state index in [4.69, 9.17) is 19.9 Å². The van der Waals surface area contributed by atoms with E-state index in [1.807, 2.05) is 13.8 Å². The third-order valence-corrected chi connectivity index (χ3v) is 6.88. The van der Waals surface area contributed by atoms with Crippen LogP contribution in [-0.2, 0) is 14.2 Å². The van der Waals surface area contributed by atoms with Crippen LogP contribution < -0.4 is 5.73 Å². The number of ether oxygens (including phenoxy) is 3. The molecule has 0 aromatic carbocycles. The Morgan fingerprint density at radius 2 is 1.60 bits per heavy atom. The van der Waals surface area contributed by atoms with E-state index in [0.717, 1.165) is 12.8 Å². The normalized spacial score (nSPS) is 23.8. The smallest absolute Gasteiger partial charge is 0.0888 e. The monoisotopic (exact) mass is 359 g/mol. The minimum Gasteiger partial charge on any atom is -0.393 e. The van der Waals surface area contributed by atoms with Crippen LogP contribution in [0.2, 0.25) is 0 Å². The Labute approximate surface area is 154 Å². The van der Waals surface area contributed by atoms with Crippen LogP contribution in [0.3, 0.4) is 0 Å². The summed E-state index contributed by atoms with van der Waals surface area (Å²) in [5.74, 6) is 0.214. The van der Waals surface area contributed by atoms with Gasteiger partial charge in [0.2, 0.25) is 0 Å². The van der Waals surface area contributed by atoms with Crippen molar-refractivity contribution in [3.05, 3.63) is 0 Å². The predicted octanol–water partition coefficient (Wildman–Crippen LogP) is 2.98. The Morgan fingerprint density at radius 3 is 2.04 bits per heavy atom. The van der Waals surface area contributed by atoms with E-state index >= 15 is 0 Å². The van der Waals surface area contributed by atoms with E-state index in [1.165, 1.54) is 0 Å². The molecule has 5 nitrogen and oxygen atoms in total. The molecule has 0 spiro atoms. The summed E-state index contributed by atoms with van der Waals surface area (Å²) in [6, 6.07) is 0. The molecule has 0 amide bonds. The van der Waals surface area contributed by atoms with Gasteiger partial charge in [-0.1, -0.05) is 34.6 Å². The van der Waals surface area contributed by atoms with E-state index in [2.05, 4.69) is 34.6 Å². The second-order valence-corrected chi connectivity index (χ2v) is 9.19. The molecule has 1 saturated heterocycles. The first-order chi connectivity index (χ1) is 11.4. The maximum Gasteiger partial charge on any atom is 0.0888 e. The van der Waals surface area contributed by atoms with Gasteiger partial charge in [0.1, 0.15) is 0 Å². The van der Waals surface area contributed by atoms with Gasteiger partial charge in [0.25, 0.3) is 0 Å². The van der Waals surface area contributed by atoms with E-state index in [-0.39, 0.29) is 34.5 Å². The van der Waals surface area contributed by atoms with Gasteiger partial charge in [-0.3, -0.25) is 0 Å². The molecule has 3 N–H and O–H groups in total. The zero-order chi connectivity index (χ0) is 19.5. The topological polar surface area (TPSA) is 73.9 Å². The van der Waals surface area contributed by atoms with E-state index in [1.54, 1.807) is 7.11 Å². The minimum atomic E-state index is -0.406. The summed E-state index contributed by atoms with van der Waals surface area (Å²) in [4.78, 5) is 0. The van der Waals surface area contributed by atoms with Crippen molar-refractivity contribution >= 4 is 0 Å². The van der Waals surface area contributed by atoms with Gasteiger partial charge in [-0.2, -0.15) is 0 Å². The van der Waals surface area contributed by atoms with Gasteiger partial charge < -0.3 is 25.1 Å². The Hall–Kier alpha value is -0.200. The van der Waals surface area contributed by atoms with Gasteiger partial charge >= 0.3 is 0 Å². The summed E-state index contributed by atoms with van der Waals surface area (Å²) in [7, 11) is 1.72. The summed E-state index contributed by atoms with van der Waals surface area (Å²) in [5, 5.41) is 10.3. The van der Waals surface area contributed by atoms with Gasteiger partial charge in [-0.15, -0.1) is 0 Å². The van der Waals surface area contributed by atoms with Crippen molar-refractivity contribution in [1.82, 2.24) is 0 Å². The van der Waals surface area contributed by atoms with Gasteiger partial charge in [0.15, 0.2) is 0 Å². The molecular weight excluding hydrogens is 318 g/mol. The summed E-state index contributed by atoms with van der Waals surface area (Å²) in [6.45, 7) is 16.6. The molecule has 1 fully saturated rings. The lowest BCUT2D eigenvalue weighted by atomic mass is 9.61. The lowest BCUT2D eigenvalue weighted by Crippen LogP contribution is -2.55. The molecule has 150 valence electrons. The third kappa shape index (κ3) is 5.39. The van der Waals surface area contributed by atoms with Gasteiger partial charge in [-0.25, -0.2) is 0 Å². The van der Waals surface area contributed by atoms with Crippen molar-refractivity contribution < 1.29 is 19.3 Å². The molecular formula is C20H41NO4. The molecule has 0 aromatic rings. The summed E-state index contributed by atoms with van der Waals surface area (Å²) in [6.07, 6.45) is 1.04. The highest BCUT2D eigenvalue weighted by Gasteiger charge is 2.47. The van der Waals surface area contributed by atoms with Gasteiger partial charge in [0, 0.05) is 25.9 Å². The molecule has 1 heterocycles. The van der Waals surface area contributed by atoms with Crippen LogP contribution in [0.1, 0.15) is 61.3 Å². The molecule has 1 rings (SSSR count). The maximum absolute atomic E-state index is 10.3. The highest BCUT2D eigenvalue weighted by Crippen LogP contribution is 2.46. The number of rotatable bonds is 9. The average molecular weight is 360 g/mol. The van der Waals surface area contributed by atoms with Crippen LogP contribution in [0.25, 0.3) is 0 Å². The molecule has 1 aliphatic rings. The molecule has 0 saturated carbocycles. The SMILES string of the molecule is COC(C)C(OCC1(N)CCOCC1)C(C)(C)C(C)C(C)(C)C(C)O. The number of methoxy groups -OCH3 is 1. The number of nitrogens with two attached hydrogens (primary N) is 1. The number of aliphatic hydroxyl groups excluding tert-OH is 1. The van der Waals surface area contributed by atoms with Crippen LogP contribution in [-0.4, -0.2) is 55.9 Å². The van der Waals surface area contributed by atoms with Crippen molar-refractivity contribution in [3.63, 3.8) is 0 Å². The average Bonchev–Trinajstić information content (AvgIpc) is 2.54. The summed E-state index contributed by atoms with van der Waals surface area (Å²) < 4.78 is 17.5. The molecule has 0 aliphatic carbocycles. The standard InChI is InChI=1S/C20H41NO4/c1-14(23-8)17(25-13-20(21)9-11-24-12-10-20)19(6,7)15(2)18(4,5)16(3)22/h14-17,22H,9-13,21H2,1-8H3. The second-order valence-electron chi connectivity index (χ2n) is 9.19. The quantitative estimate of drug-likeness (QED) is 0.662.